The third-order valence-electron chi connectivity index (χ3n) is 2.14. The molecule has 0 aliphatic carbocycles. The van der Waals surface area contributed by atoms with Crippen LogP contribution in [0.5, 0.6) is 5.75 Å². The summed E-state index contributed by atoms with van der Waals surface area (Å²) in [5.41, 5.74) is 1.60. The Morgan fingerprint density at radius 2 is 1.56 bits per heavy atom. The van der Waals surface area contributed by atoms with Crippen LogP contribution in [0.2, 0.25) is 0 Å². The second kappa shape index (κ2) is 4.44. The average Bonchev–Trinajstić information content (AvgIpc) is 2.30. The topological polar surface area (TPSA) is 52.4 Å². The highest BCUT2D eigenvalue weighted by Gasteiger charge is 2.07. The minimum Gasteiger partial charge on any atom is -0.276 e. The molecule has 80 valence electrons. The summed E-state index contributed by atoms with van der Waals surface area (Å²) >= 11 is 0. The fourth-order valence-electron chi connectivity index (χ4n) is 1.48. The second-order valence-corrected chi connectivity index (χ2v) is 3.18. The first-order valence-electron chi connectivity index (χ1n) is 4.74. The quantitative estimate of drug-likeness (QED) is 0.584. The Morgan fingerprint density at radius 3 is 2.25 bits per heavy atom. The average molecular weight is 215 g/mol. The molecule has 0 fully saturated rings. The molecule has 4 nitrogen and oxygen atoms in total. The Kier molecular flexibility index (Phi) is 2.82. The molecule has 4 heteroatoms. The highest BCUT2D eigenvalue weighted by Crippen LogP contribution is 2.29. The number of para-hydroxylation sites is 1. The standard InChI is InChI=1S/C12H9NO3/c14-13(15)16-12-9-5-4-8-11(12)10-6-2-1-3-7-10/h1-9H. The zero-order valence-corrected chi connectivity index (χ0v) is 8.37. The van der Waals surface area contributed by atoms with Gasteiger partial charge < -0.3 is 0 Å². The molecule has 2 aromatic rings. The van der Waals surface area contributed by atoms with E-state index in [9.17, 15) is 10.1 Å². The third-order valence-corrected chi connectivity index (χ3v) is 2.14. The fourth-order valence-corrected chi connectivity index (χ4v) is 1.48. The van der Waals surface area contributed by atoms with Crippen molar-refractivity contribution >= 4 is 0 Å². The number of rotatable bonds is 3. The maximum atomic E-state index is 10.3. The molecule has 2 aromatic carbocycles. The van der Waals surface area contributed by atoms with Crippen molar-refractivity contribution in [1.82, 2.24) is 0 Å². The zero-order chi connectivity index (χ0) is 11.4. The summed E-state index contributed by atoms with van der Waals surface area (Å²) in [6.07, 6.45) is 0. The first-order chi connectivity index (χ1) is 7.77. The van der Waals surface area contributed by atoms with E-state index in [1.165, 1.54) is 0 Å². The van der Waals surface area contributed by atoms with Crippen molar-refractivity contribution in [3.05, 3.63) is 64.7 Å². The van der Waals surface area contributed by atoms with E-state index in [0.29, 0.717) is 5.56 Å². The summed E-state index contributed by atoms with van der Waals surface area (Å²) < 4.78 is 0. The van der Waals surface area contributed by atoms with Gasteiger partial charge in [-0.3, -0.25) is 4.84 Å². The molecule has 0 N–H and O–H groups in total. The third kappa shape index (κ3) is 2.17. The Bertz CT molecular complexity index is 497. The van der Waals surface area contributed by atoms with Gasteiger partial charge in [-0.1, -0.05) is 48.5 Å². The summed E-state index contributed by atoms with van der Waals surface area (Å²) in [5, 5.41) is 9.53. The minimum absolute atomic E-state index is 0.249. The van der Waals surface area contributed by atoms with Crippen LogP contribution in [0.15, 0.2) is 54.6 Å². The lowest BCUT2D eigenvalue weighted by Gasteiger charge is -2.06. The lowest BCUT2D eigenvalue weighted by Crippen LogP contribution is -2.04. The Morgan fingerprint density at radius 1 is 0.938 bits per heavy atom. The summed E-state index contributed by atoms with van der Waals surface area (Å²) in [6, 6.07) is 16.3. The van der Waals surface area contributed by atoms with Crippen LogP contribution >= 0.6 is 0 Å². The van der Waals surface area contributed by atoms with Gasteiger partial charge in [0, 0.05) is 5.56 Å². The molecule has 0 unspecified atom stereocenters. The Balaban J connectivity index is 2.44. The largest absolute Gasteiger partial charge is 0.299 e. The van der Waals surface area contributed by atoms with Gasteiger partial charge in [-0.05, 0) is 11.6 Å². The molecule has 0 saturated heterocycles. The minimum atomic E-state index is -0.804. The van der Waals surface area contributed by atoms with Crippen molar-refractivity contribution in [2.24, 2.45) is 0 Å². The molecule has 0 bridgehead atoms. The zero-order valence-electron chi connectivity index (χ0n) is 8.37. The summed E-state index contributed by atoms with van der Waals surface area (Å²) in [7, 11) is 0. The highest BCUT2D eigenvalue weighted by atomic mass is 17.0. The lowest BCUT2D eigenvalue weighted by atomic mass is 10.1. The normalized spacial score (nSPS) is 9.75. The van der Waals surface area contributed by atoms with Crippen molar-refractivity contribution < 1.29 is 9.92 Å². The maximum absolute atomic E-state index is 10.3. The van der Waals surface area contributed by atoms with Gasteiger partial charge in [-0.25, -0.2) is 0 Å². The van der Waals surface area contributed by atoms with Gasteiger partial charge >= 0.3 is 0 Å². The Hall–Kier alpha value is -2.36. The van der Waals surface area contributed by atoms with Gasteiger partial charge in [0.25, 0.3) is 5.09 Å². The van der Waals surface area contributed by atoms with Gasteiger partial charge in [0.15, 0.2) is 0 Å². The predicted octanol–water partition coefficient (Wildman–Crippen LogP) is 2.92. The van der Waals surface area contributed by atoms with Gasteiger partial charge in [-0.15, -0.1) is 10.1 Å². The summed E-state index contributed by atoms with van der Waals surface area (Å²) in [4.78, 5) is 14.9. The molecule has 2 rings (SSSR count). The van der Waals surface area contributed by atoms with Gasteiger partial charge in [0.1, 0.15) is 5.75 Å². The SMILES string of the molecule is O=[N+]([O-])Oc1ccccc1-c1ccccc1. The number of benzene rings is 2. The molecule has 0 aromatic heterocycles. The van der Waals surface area contributed by atoms with Crippen LogP contribution < -0.4 is 4.84 Å². The van der Waals surface area contributed by atoms with Crippen LogP contribution in [0.1, 0.15) is 0 Å². The number of nitrogens with zero attached hydrogens (tertiary/aromatic N) is 1. The molecule has 0 atom stereocenters. The predicted molar refractivity (Wildman–Crippen MR) is 59.5 cm³/mol. The summed E-state index contributed by atoms with van der Waals surface area (Å²) in [5.74, 6) is 0.249. The molecular weight excluding hydrogens is 206 g/mol. The van der Waals surface area contributed by atoms with Crippen LogP contribution in [-0.2, 0) is 0 Å². The monoisotopic (exact) mass is 215 g/mol. The lowest BCUT2D eigenvalue weighted by molar-refractivity contribution is -0.710. The van der Waals surface area contributed by atoms with Crippen LogP contribution in [0.25, 0.3) is 11.1 Å². The molecule has 0 spiro atoms. The van der Waals surface area contributed by atoms with Crippen LogP contribution in [0.3, 0.4) is 0 Å². The van der Waals surface area contributed by atoms with E-state index in [-0.39, 0.29) is 5.75 Å². The van der Waals surface area contributed by atoms with Gasteiger partial charge in [-0.2, -0.15) is 0 Å². The van der Waals surface area contributed by atoms with E-state index < -0.39 is 5.09 Å². The van der Waals surface area contributed by atoms with Crippen molar-refractivity contribution in [1.29, 1.82) is 0 Å². The van der Waals surface area contributed by atoms with Gasteiger partial charge in [0.05, 0.1) is 0 Å². The molecule has 0 saturated carbocycles. The molecule has 16 heavy (non-hydrogen) atoms. The van der Waals surface area contributed by atoms with Crippen LogP contribution in [0, 0.1) is 10.1 Å². The van der Waals surface area contributed by atoms with E-state index >= 15 is 0 Å². The Labute approximate surface area is 92.2 Å². The maximum Gasteiger partial charge on any atom is 0.299 e. The van der Waals surface area contributed by atoms with E-state index in [1.54, 1.807) is 18.2 Å². The van der Waals surface area contributed by atoms with E-state index in [1.807, 2.05) is 36.4 Å². The first-order valence-corrected chi connectivity index (χ1v) is 4.74. The smallest absolute Gasteiger partial charge is 0.276 e. The molecule has 0 aliphatic heterocycles. The summed E-state index contributed by atoms with van der Waals surface area (Å²) in [6.45, 7) is 0. The second-order valence-electron chi connectivity index (χ2n) is 3.18. The van der Waals surface area contributed by atoms with Crippen LogP contribution in [-0.4, -0.2) is 5.09 Å². The highest BCUT2D eigenvalue weighted by molar-refractivity contribution is 5.69. The molecule has 0 radical (unpaired) electrons. The van der Waals surface area contributed by atoms with Crippen molar-refractivity contribution in [2.45, 2.75) is 0 Å². The van der Waals surface area contributed by atoms with Crippen molar-refractivity contribution in [3.8, 4) is 16.9 Å². The molecule has 0 heterocycles. The van der Waals surface area contributed by atoms with E-state index in [2.05, 4.69) is 4.84 Å². The van der Waals surface area contributed by atoms with Crippen molar-refractivity contribution in [3.63, 3.8) is 0 Å². The first kappa shape index (κ1) is 10.2. The molecule has 0 aliphatic rings. The molecule has 0 amide bonds. The van der Waals surface area contributed by atoms with Crippen LogP contribution in [0.4, 0.5) is 0 Å². The van der Waals surface area contributed by atoms with Crippen molar-refractivity contribution in [2.75, 3.05) is 0 Å². The van der Waals surface area contributed by atoms with E-state index in [0.717, 1.165) is 5.56 Å². The van der Waals surface area contributed by atoms with Gasteiger partial charge in [0.2, 0.25) is 0 Å². The number of hydrogen-bond donors (Lipinski definition) is 0. The fraction of sp³-hybridized carbons (Fsp3) is 0. The number of hydrogen-bond acceptors (Lipinski definition) is 3. The molecular formula is C12H9NO3. The van der Waals surface area contributed by atoms with E-state index in [4.69, 9.17) is 0 Å².